The number of nitrogens with zero attached hydrogens (tertiary/aromatic N) is 4. The molecule has 1 N–H and O–H groups in total. The number of hydrogen-bond donors (Lipinski definition) is 1. The number of likely N-dealkylation sites (N-methyl/N-ethyl adjacent to an activating group) is 2. The van der Waals surface area contributed by atoms with Crippen molar-refractivity contribution < 1.29 is 14.4 Å². The van der Waals surface area contributed by atoms with E-state index < -0.39 is 6.04 Å². The predicted octanol–water partition coefficient (Wildman–Crippen LogP) is 0.809. The van der Waals surface area contributed by atoms with Gasteiger partial charge in [0.05, 0.1) is 12.1 Å². The zero-order valence-corrected chi connectivity index (χ0v) is 14.9. The Kier molecular flexibility index (Phi) is 5.26. The second-order valence-corrected chi connectivity index (χ2v) is 6.16. The maximum atomic E-state index is 12.2. The number of carbonyl (C=O) groups is 3. The smallest absolute Gasteiger partial charge is 0.326 e. The third-order valence-corrected chi connectivity index (χ3v) is 4.48. The summed E-state index contributed by atoms with van der Waals surface area (Å²) < 4.78 is 1.94. The second kappa shape index (κ2) is 7.02. The number of aromatic nitrogens is 2. The molecule has 4 amide bonds. The molecule has 0 saturated carbocycles. The molecule has 1 aromatic rings. The van der Waals surface area contributed by atoms with E-state index in [0.717, 1.165) is 34.8 Å². The minimum absolute atomic E-state index is 0.0351. The molecule has 1 fully saturated rings. The van der Waals surface area contributed by atoms with E-state index in [2.05, 4.69) is 17.3 Å². The molecule has 0 radical (unpaired) electrons. The van der Waals surface area contributed by atoms with Crippen LogP contribution < -0.4 is 5.32 Å². The van der Waals surface area contributed by atoms with E-state index in [-0.39, 0.29) is 24.3 Å². The average molecular weight is 335 g/mol. The Balaban J connectivity index is 1.97. The minimum Gasteiger partial charge on any atom is -0.352 e. The molecule has 0 bridgehead atoms. The van der Waals surface area contributed by atoms with Crippen LogP contribution in [0.2, 0.25) is 0 Å². The first-order chi connectivity index (χ1) is 11.3. The van der Waals surface area contributed by atoms with Crippen LogP contribution in [0.1, 0.15) is 36.7 Å². The largest absolute Gasteiger partial charge is 0.352 e. The average Bonchev–Trinajstić information content (AvgIpc) is 2.90. The number of aryl methyl sites for hydroxylation is 2. The van der Waals surface area contributed by atoms with E-state index in [1.54, 1.807) is 0 Å². The molecule has 1 atom stereocenters. The van der Waals surface area contributed by atoms with E-state index in [1.807, 2.05) is 18.5 Å². The van der Waals surface area contributed by atoms with Crippen LogP contribution in [0.4, 0.5) is 4.79 Å². The Morgan fingerprint density at radius 2 is 1.92 bits per heavy atom. The van der Waals surface area contributed by atoms with Gasteiger partial charge in [-0.2, -0.15) is 5.10 Å². The summed E-state index contributed by atoms with van der Waals surface area (Å²) in [5, 5.41) is 7.31. The molecule has 2 heterocycles. The lowest BCUT2D eigenvalue weighted by Gasteiger charge is -2.15. The van der Waals surface area contributed by atoms with Gasteiger partial charge < -0.3 is 10.2 Å². The molecular weight excluding hydrogens is 310 g/mol. The highest BCUT2D eigenvalue weighted by Gasteiger charge is 2.41. The normalized spacial score (nSPS) is 17.8. The van der Waals surface area contributed by atoms with Gasteiger partial charge in [-0.05, 0) is 20.3 Å². The number of imide groups is 1. The van der Waals surface area contributed by atoms with Crippen molar-refractivity contribution in [3.63, 3.8) is 0 Å². The van der Waals surface area contributed by atoms with Crippen molar-refractivity contribution in [1.29, 1.82) is 0 Å². The van der Waals surface area contributed by atoms with Gasteiger partial charge in [-0.3, -0.25) is 19.2 Å². The summed E-state index contributed by atoms with van der Waals surface area (Å²) >= 11 is 0. The van der Waals surface area contributed by atoms with Crippen LogP contribution in [0.5, 0.6) is 0 Å². The Hall–Kier alpha value is -2.38. The number of nitrogens with one attached hydrogen (secondary N) is 1. The summed E-state index contributed by atoms with van der Waals surface area (Å²) in [4.78, 5) is 38.2. The third-order valence-electron chi connectivity index (χ3n) is 4.48. The predicted molar refractivity (Wildman–Crippen MR) is 88.2 cm³/mol. The van der Waals surface area contributed by atoms with Gasteiger partial charge >= 0.3 is 6.03 Å². The fourth-order valence-corrected chi connectivity index (χ4v) is 2.93. The molecule has 0 unspecified atom stereocenters. The van der Waals surface area contributed by atoms with Crippen LogP contribution in [0.25, 0.3) is 0 Å². The SMILES string of the molecule is CCCn1nc(C)c(CNC(=O)C[C@@H]2C(=O)N(C)C(=O)N2C)c1C. The number of carbonyl (C=O) groups excluding carboxylic acids is 3. The summed E-state index contributed by atoms with van der Waals surface area (Å²) in [7, 11) is 2.96. The lowest BCUT2D eigenvalue weighted by atomic mass is 10.1. The van der Waals surface area contributed by atoms with Gasteiger partial charge in [-0.15, -0.1) is 0 Å². The van der Waals surface area contributed by atoms with Gasteiger partial charge in [0.2, 0.25) is 5.91 Å². The summed E-state index contributed by atoms with van der Waals surface area (Å²) in [6, 6.07) is -1.11. The Morgan fingerprint density at radius 3 is 2.46 bits per heavy atom. The molecule has 132 valence electrons. The molecule has 2 rings (SSSR count). The van der Waals surface area contributed by atoms with Crippen LogP contribution in [0.3, 0.4) is 0 Å². The minimum atomic E-state index is -0.729. The van der Waals surface area contributed by atoms with E-state index in [9.17, 15) is 14.4 Å². The Bertz CT molecular complexity index is 667. The van der Waals surface area contributed by atoms with Crippen molar-refractivity contribution >= 4 is 17.8 Å². The summed E-state index contributed by atoms with van der Waals surface area (Å²) in [5.41, 5.74) is 2.93. The molecule has 0 aromatic carbocycles. The van der Waals surface area contributed by atoms with E-state index in [0.29, 0.717) is 6.54 Å². The maximum Gasteiger partial charge on any atom is 0.326 e. The molecule has 8 nitrogen and oxygen atoms in total. The zero-order valence-electron chi connectivity index (χ0n) is 14.9. The van der Waals surface area contributed by atoms with Crippen LogP contribution in [0.15, 0.2) is 0 Å². The number of amides is 4. The molecule has 1 saturated heterocycles. The number of urea groups is 1. The molecule has 1 aliphatic heterocycles. The summed E-state index contributed by atoms with van der Waals surface area (Å²) in [6.45, 7) is 7.21. The topological polar surface area (TPSA) is 87.5 Å². The highest BCUT2D eigenvalue weighted by Crippen LogP contribution is 2.17. The quantitative estimate of drug-likeness (QED) is 0.779. The second-order valence-electron chi connectivity index (χ2n) is 6.16. The lowest BCUT2D eigenvalue weighted by Crippen LogP contribution is -2.37. The highest BCUT2D eigenvalue weighted by atomic mass is 16.2. The van der Waals surface area contributed by atoms with Crippen molar-refractivity contribution in [1.82, 2.24) is 24.9 Å². The first-order valence-corrected chi connectivity index (χ1v) is 8.11. The van der Waals surface area contributed by atoms with Gasteiger partial charge in [0.25, 0.3) is 5.91 Å². The van der Waals surface area contributed by atoms with E-state index in [4.69, 9.17) is 0 Å². The molecule has 24 heavy (non-hydrogen) atoms. The molecule has 0 spiro atoms. The standard InChI is InChI=1S/C16H25N5O3/c1-6-7-21-11(3)12(10(2)18-21)9-17-14(22)8-13-15(23)20(5)16(24)19(13)4/h13H,6-9H2,1-5H3,(H,17,22)/t13-/m1/s1. The van der Waals surface area contributed by atoms with Crippen LogP contribution >= 0.6 is 0 Å². The highest BCUT2D eigenvalue weighted by molar-refractivity contribution is 6.05. The maximum absolute atomic E-state index is 12.2. The van der Waals surface area contributed by atoms with Crippen molar-refractivity contribution in [2.75, 3.05) is 14.1 Å². The zero-order chi connectivity index (χ0) is 18.0. The molecule has 0 aliphatic carbocycles. The third kappa shape index (κ3) is 3.27. The monoisotopic (exact) mass is 335 g/mol. The fourth-order valence-electron chi connectivity index (χ4n) is 2.93. The molecule has 1 aliphatic rings. The Labute approximate surface area is 141 Å². The first kappa shape index (κ1) is 18.0. The van der Waals surface area contributed by atoms with Gasteiger partial charge in [0, 0.05) is 38.4 Å². The summed E-state index contributed by atoms with van der Waals surface area (Å²) in [6.07, 6.45) is 0.956. The number of rotatable bonds is 6. The molecule has 1 aromatic heterocycles. The van der Waals surface area contributed by atoms with Crippen molar-refractivity contribution in [2.45, 2.75) is 52.7 Å². The first-order valence-electron chi connectivity index (χ1n) is 8.11. The van der Waals surface area contributed by atoms with Crippen molar-refractivity contribution in [3.8, 4) is 0 Å². The van der Waals surface area contributed by atoms with Crippen molar-refractivity contribution in [2.24, 2.45) is 0 Å². The van der Waals surface area contributed by atoms with Gasteiger partial charge in [-0.25, -0.2) is 4.79 Å². The number of hydrogen-bond acceptors (Lipinski definition) is 4. The van der Waals surface area contributed by atoms with Gasteiger partial charge in [-0.1, -0.05) is 6.92 Å². The van der Waals surface area contributed by atoms with Gasteiger partial charge in [0.1, 0.15) is 6.04 Å². The molecule has 8 heteroatoms. The van der Waals surface area contributed by atoms with E-state index in [1.165, 1.54) is 19.0 Å². The van der Waals surface area contributed by atoms with E-state index >= 15 is 0 Å². The lowest BCUT2D eigenvalue weighted by molar-refractivity contribution is -0.131. The Morgan fingerprint density at radius 1 is 1.25 bits per heavy atom. The summed E-state index contributed by atoms with van der Waals surface area (Å²) in [5.74, 6) is -0.605. The molecular formula is C16H25N5O3. The van der Waals surface area contributed by atoms with Crippen molar-refractivity contribution in [3.05, 3.63) is 17.0 Å². The van der Waals surface area contributed by atoms with Gasteiger partial charge in [0.15, 0.2) is 0 Å². The van der Waals surface area contributed by atoms with Crippen LogP contribution in [0, 0.1) is 13.8 Å². The van der Waals surface area contributed by atoms with Crippen LogP contribution in [-0.4, -0.2) is 57.6 Å². The fraction of sp³-hybridized carbons (Fsp3) is 0.625. The van der Waals surface area contributed by atoms with Crippen LogP contribution in [-0.2, 0) is 22.7 Å².